The molecule has 4 rings (SSSR count). The van der Waals surface area contributed by atoms with Crippen molar-refractivity contribution in [1.29, 1.82) is 0 Å². The van der Waals surface area contributed by atoms with Crippen molar-refractivity contribution < 1.29 is 24.2 Å². The van der Waals surface area contributed by atoms with Gasteiger partial charge in [0.25, 0.3) is 11.8 Å². The second-order valence-corrected chi connectivity index (χ2v) is 10.5. The van der Waals surface area contributed by atoms with Crippen molar-refractivity contribution in [2.24, 2.45) is 0 Å². The third-order valence-electron chi connectivity index (χ3n) is 7.33. The molecule has 2 heterocycles. The van der Waals surface area contributed by atoms with Gasteiger partial charge in [0.1, 0.15) is 5.82 Å². The molecule has 2 aliphatic heterocycles. The summed E-state index contributed by atoms with van der Waals surface area (Å²) in [5.41, 5.74) is -0.269. The van der Waals surface area contributed by atoms with Crippen LogP contribution in [0.15, 0.2) is 42.5 Å². The van der Waals surface area contributed by atoms with Gasteiger partial charge in [-0.2, -0.15) is 13.5 Å². The zero-order valence-electron chi connectivity index (χ0n) is 21.7. The zero-order chi connectivity index (χ0) is 26.7. The summed E-state index contributed by atoms with van der Waals surface area (Å²) in [5.74, 6) is -1.12. The number of aliphatic hydroxyl groups is 2. The number of anilines is 1. The van der Waals surface area contributed by atoms with Crippen LogP contribution in [0.2, 0.25) is 5.02 Å². The van der Waals surface area contributed by atoms with Crippen LogP contribution in [0.1, 0.15) is 35.7 Å². The van der Waals surface area contributed by atoms with Crippen molar-refractivity contribution in [1.82, 2.24) is 14.7 Å². The minimum Gasteiger partial charge on any atom is -0.395 e. The summed E-state index contributed by atoms with van der Waals surface area (Å²) in [5, 5.41) is 23.7. The van der Waals surface area contributed by atoms with Gasteiger partial charge in [-0.15, -0.1) is 0 Å². The first-order valence-corrected chi connectivity index (χ1v) is 12.9. The van der Waals surface area contributed by atoms with Gasteiger partial charge >= 0.3 is 0 Å². The molecule has 8 nitrogen and oxygen atoms in total. The second-order valence-electron chi connectivity index (χ2n) is 10.0. The molecule has 0 saturated carbocycles. The van der Waals surface area contributed by atoms with Crippen LogP contribution in [-0.4, -0.2) is 95.2 Å². The van der Waals surface area contributed by atoms with Crippen LogP contribution in [0, 0.1) is 5.82 Å². The van der Waals surface area contributed by atoms with Crippen LogP contribution in [0.4, 0.5) is 10.1 Å². The highest BCUT2D eigenvalue weighted by Crippen LogP contribution is 2.29. The van der Waals surface area contributed by atoms with E-state index in [2.05, 4.69) is 10.2 Å². The first-order valence-electron chi connectivity index (χ1n) is 12.5. The summed E-state index contributed by atoms with van der Waals surface area (Å²) in [6, 6.07) is 11.4. The van der Waals surface area contributed by atoms with Crippen LogP contribution in [0.25, 0.3) is 0 Å². The molecule has 2 saturated heterocycles. The van der Waals surface area contributed by atoms with E-state index in [1.165, 1.54) is 30.0 Å². The van der Waals surface area contributed by atoms with Gasteiger partial charge in [-0.05, 0) is 55.7 Å². The highest BCUT2D eigenvalue weighted by Gasteiger charge is 2.40. The van der Waals surface area contributed by atoms with Gasteiger partial charge in [-0.25, -0.2) is 4.39 Å². The standard InChI is InChI=1S/C27H34ClFN4O4.H2S/c1-27(37,18-4-3-5-19(29)14-18)26(36)32-10-8-22(9-11-32)33-16-21(17-33)30-20-6-7-23(24(28)15-20)25(35)31(2)12-13-34;/h3-7,14-15,21-22,30,34,37H,8-13,16-17H2,1-2H3;1H2/t27-;/m0./s1. The number of hydrogen-bond donors (Lipinski definition) is 3. The number of carbonyl (C=O) groups is 2. The summed E-state index contributed by atoms with van der Waals surface area (Å²) in [6.07, 6.45) is 1.61. The summed E-state index contributed by atoms with van der Waals surface area (Å²) < 4.78 is 13.6. The molecule has 0 unspecified atom stereocenters. The van der Waals surface area contributed by atoms with E-state index in [4.69, 9.17) is 16.7 Å². The quantitative estimate of drug-likeness (QED) is 0.455. The topological polar surface area (TPSA) is 96.4 Å². The summed E-state index contributed by atoms with van der Waals surface area (Å²) in [7, 11) is 1.62. The van der Waals surface area contributed by atoms with E-state index < -0.39 is 17.3 Å². The van der Waals surface area contributed by atoms with Crippen molar-refractivity contribution in [3.05, 3.63) is 64.4 Å². The average molecular weight is 567 g/mol. The number of nitrogens with zero attached hydrogens (tertiary/aromatic N) is 3. The molecule has 2 fully saturated rings. The van der Waals surface area contributed by atoms with E-state index in [1.807, 2.05) is 6.07 Å². The van der Waals surface area contributed by atoms with Gasteiger partial charge in [0.2, 0.25) is 0 Å². The number of hydrogen-bond acceptors (Lipinski definition) is 6. The summed E-state index contributed by atoms with van der Waals surface area (Å²) >= 11 is 6.35. The largest absolute Gasteiger partial charge is 0.395 e. The lowest BCUT2D eigenvalue weighted by molar-refractivity contribution is -0.152. The number of amides is 2. The van der Waals surface area contributed by atoms with Crippen molar-refractivity contribution in [3.8, 4) is 0 Å². The maximum absolute atomic E-state index is 13.6. The molecule has 3 N–H and O–H groups in total. The molecule has 0 aliphatic carbocycles. The van der Waals surface area contributed by atoms with E-state index >= 15 is 0 Å². The molecular weight excluding hydrogens is 531 g/mol. The van der Waals surface area contributed by atoms with Gasteiger partial charge in [0.15, 0.2) is 5.60 Å². The number of nitrogens with one attached hydrogen (secondary N) is 1. The van der Waals surface area contributed by atoms with E-state index in [9.17, 15) is 19.1 Å². The van der Waals surface area contributed by atoms with Gasteiger partial charge in [-0.1, -0.05) is 23.7 Å². The van der Waals surface area contributed by atoms with Crippen molar-refractivity contribution in [2.75, 3.05) is 51.7 Å². The molecule has 208 valence electrons. The predicted molar refractivity (Wildman–Crippen MR) is 150 cm³/mol. The Morgan fingerprint density at radius 2 is 1.87 bits per heavy atom. The molecule has 2 aliphatic rings. The van der Waals surface area contributed by atoms with E-state index in [1.54, 1.807) is 30.1 Å². The fourth-order valence-electron chi connectivity index (χ4n) is 5.03. The van der Waals surface area contributed by atoms with Gasteiger partial charge < -0.3 is 25.3 Å². The number of halogens is 2. The third-order valence-corrected chi connectivity index (χ3v) is 7.65. The first kappa shape index (κ1) is 30.2. The Morgan fingerprint density at radius 3 is 2.47 bits per heavy atom. The molecule has 38 heavy (non-hydrogen) atoms. The number of piperidine rings is 1. The average Bonchev–Trinajstić information content (AvgIpc) is 2.85. The fourth-order valence-corrected chi connectivity index (χ4v) is 5.29. The van der Waals surface area contributed by atoms with Crippen molar-refractivity contribution >= 4 is 42.6 Å². The van der Waals surface area contributed by atoms with Crippen LogP contribution < -0.4 is 5.32 Å². The van der Waals surface area contributed by atoms with E-state index in [0.717, 1.165) is 31.6 Å². The van der Waals surface area contributed by atoms with Crippen LogP contribution in [0.5, 0.6) is 0 Å². The number of benzene rings is 2. The van der Waals surface area contributed by atoms with Gasteiger partial charge in [0.05, 0.1) is 23.2 Å². The highest BCUT2D eigenvalue weighted by molar-refractivity contribution is 7.59. The monoisotopic (exact) mass is 566 g/mol. The Hall–Kier alpha value is -2.37. The zero-order valence-corrected chi connectivity index (χ0v) is 23.4. The van der Waals surface area contributed by atoms with Crippen LogP contribution in [0.3, 0.4) is 0 Å². The summed E-state index contributed by atoms with van der Waals surface area (Å²) in [6.45, 7) is 4.35. The number of carbonyl (C=O) groups excluding carboxylic acids is 2. The lowest BCUT2D eigenvalue weighted by Gasteiger charge is -2.48. The van der Waals surface area contributed by atoms with Crippen molar-refractivity contribution in [2.45, 2.75) is 37.5 Å². The summed E-state index contributed by atoms with van der Waals surface area (Å²) in [4.78, 5) is 30.9. The van der Waals surface area contributed by atoms with E-state index in [-0.39, 0.29) is 44.2 Å². The minimum absolute atomic E-state index is 0. The smallest absolute Gasteiger partial charge is 0.258 e. The molecule has 0 aromatic heterocycles. The fraction of sp³-hybridized carbons (Fsp3) is 0.481. The second kappa shape index (κ2) is 12.7. The molecule has 2 amide bonds. The van der Waals surface area contributed by atoms with Crippen LogP contribution >= 0.6 is 25.1 Å². The molecular formula is C27H36ClFN4O4S. The normalized spacial score (nSPS) is 18.2. The number of likely N-dealkylation sites (tertiary alicyclic amines) is 2. The maximum atomic E-state index is 13.6. The van der Waals surface area contributed by atoms with E-state index in [0.29, 0.717) is 29.7 Å². The Bertz CT molecular complexity index is 1140. The van der Waals surface area contributed by atoms with Crippen molar-refractivity contribution in [3.63, 3.8) is 0 Å². The molecule has 0 spiro atoms. The Morgan fingerprint density at radius 1 is 1.18 bits per heavy atom. The van der Waals surface area contributed by atoms with Gasteiger partial charge in [-0.3, -0.25) is 14.5 Å². The molecule has 1 atom stereocenters. The molecule has 11 heteroatoms. The Kier molecular flexibility index (Phi) is 10.0. The molecule has 2 aromatic carbocycles. The molecule has 0 radical (unpaired) electrons. The number of likely N-dealkylation sites (N-methyl/N-ethyl adjacent to an activating group) is 1. The highest BCUT2D eigenvalue weighted by atomic mass is 35.5. The molecule has 0 bridgehead atoms. The van der Waals surface area contributed by atoms with Gasteiger partial charge in [0, 0.05) is 51.5 Å². The number of aliphatic hydroxyl groups excluding tert-OH is 1. The number of rotatable bonds is 8. The Labute approximate surface area is 234 Å². The molecule has 2 aromatic rings. The third kappa shape index (κ3) is 6.60. The first-order chi connectivity index (χ1) is 17.6. The lowest BCUT2D eigenvalue weighted by atomic mass is 9.92. The lowest BCUT2D eigenvalue weighted by Crippen LogP contribution is -2.61. The Balaban J connectivity index is 0.00000400. The minimum atomic E-state index is -1.77. The predicted octanol–water partition coefficient (Wildman–Crippen LogP) is 2.65. The maximum Gasteiger partial charge on any atom is 0.258 e. The van der Waals surface area contributed by atoms with Crippen LogP contribution in [-0.2, 0) is 10.4 Å². The SMILES string of the molecule is CN(CCO)C(=O)c1ccc(NC2CN(C3CCN(C(=O)[C@@](C)(O)c4cccc(F)c4)CC3)C2)cc1Cl.S.